The van der Waals surface area contributed by atoms with Gasteiger partial charge in [-0.2, -0.15) is 0 Å². The highest BCUT2D eigenvalue weighted by atomic mass is 16.6. The van der Waals surface area contributed by atoms with Gasteiger partial charge in [-0.25, -0.2) is 0 Å². The quantitative estimate of drug-likeness (QED) is 0.644. The first-order valence-electron chi connectivity index (χ1n) is 6.64. The van der Waals surface area contributed by atoms with Gasteiger partial charge in [0, 0.05) is 18.2 Å². The molecular weight excluding hydrogens is 262 g/mol. The molecule has 1 atom stereocenters. The number of nitrogens with zero attached hydrogens (tertiary/aromatic N) is 1. The van der Waals surface area contributed by atoms with Gasteiger partial charge in [-0.3, -0.25) is 10.1 Å². The van der Waals surface area contributed by atoms with Crippen molar-refractivity contribution in [3.8, 4) is 11.5 Å². The van der Waals surface area contributed by atoms with E-state index in [1.807, 2.05) is 6.92 Å². The fraction of sp³-hybridized carbons (Fsp3) is 0.538. The predicted octanol–water partition coefficient (Wildman–Crippen LogP) is 1.53. The lowest BCUT2D eigenvalue weighted by molar-refractivity contribution is -0.384. The Balaban J connectivity index is 1.97. The zero-order valence-corrected chi connectivity index (χ0v) is 11.3. The summed E-state index contributed by atoms with van der Waals surface area (Å²) in [7, 11) is 0. The SMILES string of the molecule is CC1(Nc2cc3c(cc2[N+](=O)[O-])OCCO3)CCNC1. The largest absolute Gasteiger partial charge is 0.486 e. The van der Waals surface area contributed by atoms with Gasteiger partial charge in [0.1, 0.15) is 18.9 Å². The van der Waals surface area contributed by atoms with Crippen LogP contribution in [0.1, 0.15) is 13.3 Å². The zero-order valence-electron chi connectivity index (χ0n) is 11.3. The number of benzene rings is 1. The predicted molar refractivity (Wildman–Crippen MR) is 73.6 cm³/mol. The van der Waals surface area contributed by atoms with Crippen LogP contribution in [0.3, 0.4) is 0 Å². The molecule has 0 aliphatic carbocycles. The summed E-state index contributed by atoms with van der Waals surface area (Å²) in [5.41, 5.74) is 0.307. The lowest BCUT2D eigenvalue weighted by Gasteiger charge is -2.27. The molecule has 0 radical (unpaired) electrons. The van der Waals surface area contributed by atoms with Gasteiger partial charge in [-0.1, -0.05) is 0 Å². The summed E-state index contributed by atoms with van der Waals surface area (Å²) in [6.45, 7) is 4.61. The van der Waals surface area contributed by atoms with Gasteiger partial charge in [-0.15, -0.1) is 0 Å². The molecule has 3 rings (SSSR count). The second-order valence-corrected chi connectivity index (χ2v) is 5.38. The van der Waals surface area contributed by atoms with Crippen molar-refractivity contribution in [2.75, 3.05) is 31.6 Å². The first-order chi connectivity index (χ1) is 9.57. The Hall–Kier alpha value is -2.02. The lowest BCUT2D eigenvalue weighted by Crippen LogP contribution is -2.37. The van der Waals surface area contributed by atoms with Crippen LogP contribution in [0.5, 0.6) is 11.5 Å². The van der Waals surface area contributed by atoms with Gasteiger partial charge in [0.2, 0.25) is 0 Å². The number of rotatable bonds is 3. The van der Waals surface area contributed by atoms with Crippen molar-refractivity contribution < 1.29 is 14.4 Å². The summed E-state index contributed by atoms with van der Waals surface area (Å²) >= 11 is 0. The summed E-state index contributed by atoms with van der Waals surface area (Å²) in [4.78, 5) is 10.8. The number of nitro benzene ring substituents is 1. The lowest BCUT2D eigenvalue weighted by atomic mass is 10.0. The van der Waals surface area contributed by atoms with Crippen LogP contribution in [0.15, 0.2) is 12.1 Å². The average molecular weight is 279 g/mol. The molecule has 1 aromatic rings. The fourth-order valence-corrected chi connectivity index (χ4v) is 2.58. The maximum Gasteiger partial charge on any atom is 0.296 e. The van der Waals surface area contributed by atoms with E-state index in [-0.39, 0.29) is 11.2 Å². The first-order valence-corrected chi connectivity index (χ1v) is 6.64. The van der Waals surface area contributed by atoms with Gasteiger partial charge < -0.3 is 20.1 Å². The van der Waals surface area contributed by atoms with Gasteiger partial charge >= 0.3 is 0 Å². The topological polar surface area (TPSA) is 85.7 Å². The molecule has 0 bridgehead atoms. The van der Waals surface area contributed by atoms with Crippen molar-refractivity contribution in [3.63, 3.8) is 0 Å². The Morgan fingerprint density at radius 3 is 2.65 bits per heavy atom. The Labute approximate surface area is 116 Å². The van der Waals surface area contributed by atoms with Crippen LogP contribution in [0.2, 0.25) is 0 Å². The molecule has 2 heterocycles. The van der Waals surface area contributed by atoms with Crippen LogP contribution < -0.4 is 20.1 Å². The Kier molecular flexibility index (Phi) is 3.13. The average Bonchev–Trinajstić information content (AvgIpc) is 2.84. The van der Waals surface area contributed by atoms with E-state index in [0.29, 0.717) is 30.4 Å². The summed E-state index contributed by atoms with van der Waals surface area (Å²) < 4.78 is 10.9. The summed E-state index contributed by atoms with van der Waals surface area (Å²) in [6, 6.07) is 3.10. The molecule has 7 nitrogen and oxygen atoms in total. The van der Waals surface area contributed by atoms with E-state index in [9.17, 15) is 10.1 Å². The standard InChI is InChI=1S/C13H17N3O4/c1-13(2-3-14-8-13)15-9-6-11-12(20-5-4-19-11)7-10(9)16(17)18/h6-7,14-15H,2-5,8H2,1H3. The monoisotopic (exact) mass is 279 g/mol. The van der Waals surface area contributed by atoms with Crippen LogP contribution in [-0.4, -0.2) is 36.8 Å². The van der Waals surface area contributed by atoms with Crippen molar-refractivity contribution in [2.24, 2.45) is 0 Å². The third-order valence-electron chi connectivity index (χ3n) is 3.66. The van der Waals surface area contributed by atoms with Crippen molar-refractivity contribution >= 4 is 11.4 Å². The van der Waals surface area contributed by atoms with Crippen LogP contribution in [0.4, 0.5) is 11.4 Å². The van der Waals surface area contributed by atoms with E-state index in [0.717, 1.165) is 19.5 Å². The molecule has 1 saturated heterocycles. The first kappa shape index (κ1) is 13.0. The number of nitro groups is 1. The Bertz CT molecular complexity index is 541. The highest BCUT2D eigenvalue weighted by Crippen LogP contribution is 2.40. The van der Waals surface area contributed by atoms with Gasteiger partial charge in [-0.05, 0) is 19.9 Å². The molecular formula is C13H17N3O4. The zero-order chi connectivity index (χ0) is 14.2. The summed E-state index contributed by atoms with van der Waals surface area (Å²) in [6.07, 6.45) is 0.915. The maximum atomic E-state index is 11.2. The number of ether oxygens (including phenoxy) is 2. The van der Waals surface area contributed by atoms with E-state index in [1.165, 1.54) is 6.07 Å². The number of anilines is 1. The van der Waals surface area contributed by atoms with E-state index in [4.69, 9.17) is 9.47 Å². The third kappa shape index (κ3) is 2.36. The summed E-state index contributed by atoms with van der Waals surface area (Å²) in [5.74, 6) is 0.988. The molecule has 0 amide bonds. The molecule has 2 aliphatic rings. The van der Waals surface area contributed by atoms with Crippen LogP contribution in [0, 0.1) is 10.1 Å². The molecule has 2 aliphatic heterocycles. The fourth-order valence-electron chi connectivity index (χ4n) is 2.58. The van der Waals surface area contributed by atoms with Crippen molar-refractivity contribution in [1.29, 1.82) is 0 Å². The van der Waals surface area contributed by atoms with Crippen molar-refractivity contribution in [2.45, 2.75) is 18.9 Å². The van der Waals surface area contributed by atoms with E-state index >= 15 is 0 Å². The molecule has 1 unspecified atom stereocenters. The summed E-state index contributed by atoms with van der Waals surface area (Å²) in [5, 5.41) is 17.8. The number of fused-ring (bicyclic) bond motifs is 1. The number of hydrogen-bond acceptors (Lipinski definition) is 6. The second kappa shape index (κ2) is 4.82. The number of hydrogen-bond donors (Lipinski definition) is 2. The number of nitrogens with one attached hydrogen (secondary N) is 2. The smallest absolute Gasteiger partial charge is 0.296 e. The second-order valence-electron chi connectivity index (χ2n) is 5.38. The molecule has 0 saturated carbocycles. The Morgan fingerprint density at radius 2 is 2.05 bits per heavy atom. The molecule has 7 heteroatoms. The normalized spacial score (nSPS) is 24.4. The molecule has 1 aromatic carbocycles. The van der Waals surface area contributed by atoms with Crippen LogP contribution >= 0.6 is 0 Å². The molecule has 108 valence electrons. The van der Waals surface area contributed by atoms with E-state index in [2.05, 4.69) is 10.6 Å². The Morgan fingerprint density at radius 1 is 1.35 bits per heavy atom. The van der Waals surface area contributed by atoms with E-state index < -0.39 is 4.92 Å². The van der Waals surface area contributed by atoms with Gasteiger partial charge in [0.25, 0.3) is 5.69 Å². The maximum absolute atomic E-state index is 11.2. The minimum atomic E-state index is -0.397. The van der Waals surface area contributed by atoms with E-state index in [1.54, 1.807) is 6.07 Å². The van der Waals surface area contributed by atoms with Crippen LogP contribution in [0.25, 0.3) is 0 Å². The highest BCUT2D eigenvalue weighted by molar-refractivity contribution is 5.69. The molecule has 1 fully saturated rings. The van der Waals surface area contributed by atoms with Gasteiger partial charge in [0.05, 0.1) is 11.0 Å². The molecule has 2 N–H and O–H groups in total. The third-order valence-corrected chi connectivity index (χ3v) is 3.66. The van der Waals surface area contributed by atoms with Crippen molar-refractivity contribution in [3.05, 3.63) is 22.2 Å². The van der Waals surface area contributed by atoms with Crippen LogP contribution in [-0.2, 0) is 0 Å². The van der Waals surface area contributed by atoms with Gasteiger partial charge in [0.15, 0.2) is 11.5 Å². The van der Waals surface area contributed by atoms with Crippen molar-refractivity contribution in [1.82, 2.24) is 5.32 Å². The molecule has 0 aromatic heterocycles. The highest BCUT2D eigenvalue weighted by Gasteiger charge is 2.32. The minimum absolute atomic E-state index is 0.0161. The molecule has 20 heavy (non-hydrogen) atoms. The minimum Gasteiger partial charge on any atom is -0.486 e. The molecule has 0 spiro atoms.